The zero-order chi connectivity index (χ0) is 18.8. The largest absolute Gasteiger partial charge is 0.348 e. The first-order valence-electron chi connectivity index (χ1n) is 8.50. The molecule has 1 atom stereocenters. The predicted molar refractivity (Wildman–Crippen MR) is 106 cm³/mol. The maximum absolute atomic E-state index is 12.5. The van der Waals surface area contributed by atoms with Crippen LogP contribution in [0, 0.1) is 13.8 Å². The Kier molecular flexibility index (Phi) is 5.14. The molecule has 26 heavy (non-hydrogen) atoms. The van der Waals surface area contributed by atoms with Crippen LogP contribution in [0.15, 0.2) is 53.5 Å². The number of aromatic nitrogens is 1. The van der Waals surface area contributed by atoms with Gasteiger partial charge in [-0.15, -0.1) is 0 Å². The number of hydrogen-bond donors (Lipinski definition) is 1. The number of nitrogens with zero attached hydrogens (tertiary/aromatic N) is 1. The van der Waals surface area contributed by atoms with Crippen LogP contribution in [0.2, 0.25) is 5.02 Å². The van der Waals surface area contributed by atoms with Gasteiger partial charge < -0.3 is 9.88 Å². The molecular weight excluding hydrogens is 348 g/mol. The SMILES string of the molecule is Cc1cc(C)c2c(=O)ccn(CC(=O)NC(C)c3ccc(Cl)cc3)c2c1. The molecule has 1 N–H and O–H groups in total. The van der Waals surface area contributed by atoms with Gasteiger partial charge in [0, 0.05) is 22.7 Å². The fourth-order valence-electron chi connectivity index (χ4n) is 3.23. The highest BCUT2D eigenvalue weighted by Gasteiger charge is 2.12. The van der Waals surface area contributed by atoms with E-state index in [1.54, 1.807) is 18.3 Å². The molecule has 0 saturated carbocycles. The molecule has 1 heterocycles. The maximum atomic E-state index is 12.5. The lowest BCUT2D eigenvalue weighted by Crippen LogP contribution is -2.30. The summed E-state index contributed by atoms with van der Waals surface area (Å²) in [5.74, 6) is -0.114. The minimum Gasteiger partial charge on any atom is -0.348 e. The van der Waals surface area contributed by atoms with Crippen LogP contribution in [0.3, 0.4) is 0 Å². The molecule has 1 unspecified atom stereocenters. The average Bonchev–Trinajstić information content (AvgIpc) is 2.57. The van der Waals surface area contributed by atoms with E-state index in [1.165, 1.54) is 6.07 Å². The van der Waals surface area contributed by atoms with Crippen LogP contribution in [0.1, 0.15) is 29.7 Å². The Hall–Kier alpha value is -2.59. The molecule has 134 valence electrons. The number of carbonyl (C=O) groups excluding carboxylic acids is 1. The summed E-state index contributed by atoms with van der Waals surface area (Å²) in [6.07, 6.45) is 1.68. The number of benzene rings is 2. The number of nitrogens with one attached hydrogen (secondary N) is 1. The molecule has 0 spiro atoms. The molecule has 1 amide bonds. The lowest BCUT2D eigenvalue weighted by molar-refractivity contribution is -0.122. The molecule has 5 heteroatoms. The van der Waals surface area contributed by atoms with Crippen LogP contribution in [0.5, 0.6) is 0 Å². The smallest absolute Gasteiger partial charge is 0.240 e. The zero-order valence-electron chi connectivity index (χ0n) is 15.0. The van der Waals surface area contributed by atoms with Gasteiger partial charge in [-0.1, -0.05) is 29.8 Å². The highest BCUT2D eigenvalue weighted by atomic mass is 35.5. The van der Waals surface area contributed by atoms with Crippen LogP contribution in [0.25, 0.3) is 10.9 Å². The van der Waals surface area contributed by atoms with Gasteiger partial charge in [0.1, 0.15) is 6.54 Å². The molecule has 3 rings (SSSR count). The van der Waals surface area contributed by atoms with Crippen molar-refractivity contribution < 1.29 is 4.79 Å². The number of hydrogen-bond acceptors (Lipinski definition) is 2. The summed E-state index contributed by atoms with van der Waals surface area (Å²) < 4.78 is 1.82. The number of amides is 1. The van der Waals surface area contributed by atoms with E-state index < -0.39 is 0 Å². The third kappa shape index (κ3) is 3.81. The molecule has 0 fully saturated rings. The Morgan fingerprint density at radius 2 is 1.85 bits per heavy atom. The Bertz CT molecular complexity index is 1020. The lowest BCUT2D eigenvalue weighted by Gasteiger charge is -2.17. The van der Waals surface area contributed by atoms with Gasteiger partial charge in [-0.25, -0.2) is 0 Å². The molecule has 0 aliphatic carbocycles. The number of pyridine rings is 1. The molecular formula is C21H21ClN2O2. The van der Waals surface area contributed by atoms with E-state index in [0.29, 0.717) is 10.4 Å². The Labute approximate surface area is 157 Å². The van der Waals surface area contributed by atoms with Crippen molar-refractivity contribution in [3.8, 4) is 0 Å². The second kappa shape index (κ2) is 7.34. The topological polar surface area (TPSA) is 51.1 Å². The molecule has 3 aromatic rings. The van der Waals surface area contributed by atoms with Gasteiger partial charge in [0.25, 0.3) is 0 Å². The Balaban J connectivity index is 1.84. The molecule has 2 aromatic carbocycles. The Morgan fingerprint density at radius 3 is 2.54 bits per heavy atom. The first-order valence-corrected chi connectivity index (χ1v) is 8.88. The number of fused-ring (bicyclic) bond motifs is 1. The highest BCUT2D eigenvalue weighted by Crippen LogP contribution is 2.18. The fourth-order valence-corrected chi connectivity index (χ4v) is 3.35. The maximum Gasteiger partial charge on any atom is 0.240 e. The second-order valence-electron chi connectivity index (χ2n) is 6.62. The normalized spacial score (nSPS) is 12.2. The van der Waals surface area contributed by atoms with Crippen molar-refractivity contribution in [2.45, 2.75) is 33.4 Å². The predicted octanol–water partition coefficient (Wildman–Crippen LogP) is 4.15. The first-order chi connectivity index (χ1) is 12.3. The van der Waals surface area contributed by atoms with Crippen molar-refractivity contribution in [2.24, 2.45) is 0 Å². The van der Waals surface area contributed by atoms with Crippen LogP contribution < -0.4 is 10.7 Å². The third-order valence-electron chi connectivity index (χ3n) is 4.48. The second-order valence-corrected chi connectivity index (χ2v) is 7.06. The fraction of sp³-hybridized carbons (Fsp3) is 0.238. The monoisotopic (exact) mass is 368 g/mol. The van der Waals surface area contributed by atoms with Crippen molar-refractivity contribution in [3.05, 3.63) is 80.6 Å². The third-order valence-corrected chi connectivity index (χ3v) is 4.73. The number of carbonyl (C=O) groups is 1. The Morgan fingerprint density at radius 1 is 1.15 bits per heavy atom. The summed E-state index contributed by atoms with van der Waals surface area (Å²) in [5, 5.41) is 4.32. The first kappa shape index (κ1) is 18.2. The molecule has 0 saturated heterocycles. The van der Waals surface area contributed by atoms with Gasteiger partial charge in [-0.3, -0.25) is 9.59 Å². The number of rotatable bonds is 4. The summed E-state index contributed by atoms with van der Waals surface area (Å²) in [5.41, 5.74) is 3.73. The van der Waals surface area contributed by atoms with Crippen molar-refractivity contribution in [1.82, 2.24) is 9.88 Å². The van der Waals surface area contributed by atoms with Crippen LogP contribution in [0.4, 0.5) is 0 Å². The van der Waals surface area contributed by atoms with Crippen molar-refractivity contribution in [1.29, 1.82) is 0 Å². The molecule has 0 bridgehead atoms. The molecule has 4 nitrogen and oxygen atoms in total. The number of halogens is 1. The van der Waals surface area contributed by atoms with Gasteiger partial charge in [0.15, 0.2) is 5.43 Å². The van der Waals surface area contributed by atoms with Crippen LogP contribution >= 0.6 is 11.6 Å². The van der Waals surface area contributed by atoms with Gasteiger partial charge in [0.2, 0.25) is 5.91 Å². The summed E-state index contributed by atoms with van der Waals surface area (Å²) in [4.78, 5) is 24.7. The summed E-state index contributed by atoms with van der Waals surface area (Å²) in [6.45, 7) is 5.98. The van der Waals surface area contributed by atoms with E-state index in [9.17, 15) is 9.59 Å². The standard InChI is InChI=1S/C21H21ClN2O2/c1-13-10-14(2)21-18(11-13)24(9-8-19(21)25)12-20(26)23-15(3)16-4-6-17(22)7-5-16/h4-11,15H,12H2,1-3H3,(H,23,26). The van der Waals surface area contributed by atoms with E-state index in [2.05, 4.69) is 5.32 Å². The molecule has 0 aliphatic rings. The lowest BCUT2D eigenvalue weighted by atomic mass is 10.1. The van der Waals surface area contributed by atoms with Crippen LogP contribution in [-0.2, 0) is 11.3 Å². The molecule has 0 radical (unpaired) electrons. The quantitative estimate of drug-likeness (QED) is 0.752. The highest BCUT2D eigenvalue weighted by molar-refractivity contribution is 6.30. The zero-order valence-corrected chi connectivity index (χ0v) is 15.8. The summed E-state index contributed by atoms with van der Waals surface area (Å²) in [7, 11) is 0. The summed E-state index contributed by atoms with van der Waals surface area (Å²) in [6, 6.07) is 12.7. The number of aryl methyl sites for hydroxylation is 2. The van der Waals surface area contributed by atoms with Crippen molar-refractivity contribution in [3.63, 3.8) is 0 Å². The van der Waals surface area contributed by atoms with E-state index in [-0.39, 0.29) is 23.9 Å². The summed E-state index contributed by atoms with van der Waals surface area (Å²) >= 11 is 5.91. The molecule has 0 aliphatic heterocycles. The molecule has 1 aromatic heterocycles. The van der Waals surface area contributed by atoms with E-state index in [1.807, 2.05) is 49.6 Å². The van der Waals surface area contributed by atoms with Gasteiger partial charge in [-0.05, 0) is 55.7 Å². The average molecular weight is 369 g/mol. The van der Waals surface area contributed by atoms with Crippen molar-refractivity contribution >= 4 is 28.4 Å². The van der Waals surface area contributed by atoms with Gasteiger partial charge >= 0.3 is 0 Å². The minimum absolute atomic E-state index is 0.0244. The van der Waals surface area contributed by atoms with Gasteiger partial charge in [-0.2, -0.15) is 0 Å². The van der Waals surface area contributed by atoms with E-state index in [4.69, 9.17) is 11.6 Å². The van der Waals surface area contributed by atoms with E-state index >= 15 is 0 Å². The van der Waals surface area contributed by atoms with Crippen molar-refractivity contribution in [2.75, 3.05) is 0 Å². The van der Waals surface area contributed by atoms with Gasteiger partial charge in [0.05, 0.1) is 11.6 Å². The van der Waals surface area contributed by atoms with Crippen LogP contribution in [-0.4, -0.2) is 10.5 Å². The van der Waals surface area contributed by atoms with E-state index in [0.717, 1.165) is 22.2 Å². The minimum atomic E-state index is -0.131.